The molecule has 1 aromatic carbocycles. The third kappa shape index (κ3) is 1.58. The predicted octanol–water partition coefficient (Wildman–Crippen LogP) is 1.00. The molecule has 1 fully saturated rings. The molecule has 1 aliphatic heterocycles. The molecule has 19 heavy (non-hydrogen) atoms. The summed E-state index contributed by atoms with van der Waals surface area (Å²) >= 11 is 0. The Kier molecular flexibility index (Phi) is 2.21. The maximum atomic E-state index is 12.4. The number of aromatic nitrogens is 3. The standard InChI is InChI=1S/C14H14N4O/c19-14(13-5-10-3-1-2-4-12(10)13)17-6-11(7-17)18-9-15-8-16-18/h1-4,8-9,11,13H,5-7H2. The predicted molar refractivity (Wildman–Crippen MR) is 68.5 cm³/mol. The van der Waals surface area contributed by atoms with E-state index >= 15 is 0 Å². The molecule has 0 saturated carbocycles. The molecule has 5 heteroatoms. The van der Waals surface area contributed by atoms with Crippen LogP contribution in [0.4, 0.5) is 0 Å². The summed E-state index contributed by atoms with van der Waals surface area (Å²) in [6, 6.07) is 8.50. The van der Waals surface area contributed by atoms with Gasteiger partial charge in [-0.25, -0.2) is 9.67 Å². The van der Waals surface area contributed by atoms with Crippen LogP contribution >= 0.6 is 0 Å². The number of hydrogen-bond donors (Lipinski definition) is 0. The van der Waals surface area contributed by atoms with Gasteiger partial charge in [-0.1, -0.05) is 24.3 Å². The molecule has 2 heterocycles. The Labute approximate surface area is 110 Å². The Bertz CT molecular complexity index is 616. The van der Waals surface area contributed by atoms with Gasteiger partial charge in [0.25, 0.3) is 0 Å². The second-order valence-electron chi connectivity index (χ2n) is 5.23. The van der Waals surface area contributed by atoms with Gasteiger partial charge in [0.1, 0.15) is 12.7 Å². The van der Waals surface area contributed by atoms with Gasteiger partial charge in [0.15, 0.2) is 0 Å². The van der Waals surface area contributed by atoms with Crippen molar-refractivity contribution in [2.45, 2.75) is 18.4 Å². The van der Waals surface area contributed by atoms with E-state index in [-0.39, 0.29) is 11.8 Å². The highest BCUT2D eigenvalue weighted by molar-refractivity contribution is 5.87. The normalized spacial score (nSPS) is 21.5. The Balaban J connectivity index is 1.42. The SMILES string of the molecule is O=C(C1Cc2ccccc21)N1CC(n2cncn2)C1. The molecule has 2 aromatic rings. The van der Waals surface area contributed by atoms with Crippen LogP contribution in [0.5, 0.6) is 0 Å². The van der Waals surface area contributed by atoms with Gasteiger partial charge in [0.05, 0.1) is 12.0 Å². The van der Waals surface area contributed by atoms with Crippen LogP contribution in [0.25, 0.3) is 0 Å². The van der Waals surface area contributed by atoms with Crippen molar-refractivity contribution in [2.75, 3.05) is 13.1 Å². The molecule has 0 bridgehead atoms. The maximum absolute atomic E-state index is 12.4. The summed E-state index contributed by atoms with van der Waals surface area (Å²) in [5.41, 5.74) is 2.52. The topological polar surface area (TPSA) is 51.0 Å². The van der Waals surface area contributed by atoms with E-state index in [0.29, 0.717) is 6.04 Å². The number of nitrogens with zero attached hydrogens (tertiary/aromatic N) is 4. The first-order chi connectivity index (χ1) is 9.33. The van der Waals surface area contributed by atoms with E-state index in [1.165, 1.54) is 17.5 Å². The van der Waals surface area contributed by atoms with Gasteiger partial charge in [-0.05, 0) is 17.5 Å². The van der Waals surface area contributed by atoms with Gasteiger partial charge in [-0.15, -0.1) is 0 Å². The maximum Gasteiger partial charge on any atom is 0.230 e. The molecule has 1 aliphatic carbocycles. The molecule has 1 atom stereocenters. The second-order valence-corrected chi connectivity index (χ2v) is 5.23. The number of rotatable bonds is 2. The summed E-state index contributed by atoms with van der Waals surface area (Å²) in [7, 11) is 0. The molecule has 5 nitrogen and oxygen atoms in total. The van der Waals surface area contributed by atoms with Crippen LogP contribution in [0, 0.1) is 0 Å². The Morgan fingerprint density at radius 3 is 2.84 bits per heavy atom. The molecule has 4 rings (SSSR count). The quantitative estimate of drug-likeness (QED) is 0.803. The first kappa shape index (κ1) is 10.7. The first-order valence-corrected chi connectivity index (χ1v) is 6.53. The van der Waals surface area contributed by atoms with Crippen LogP contribution < -0.4 is 0 Å². The van der Waals surface area contributed by atoms with Crippen molar-refractivity contribution >= 4 is 5.91 Å². The molecule has 2 aliphatic rings. The lowest BCUT2D eigenvalue weighted by atomic mass is 9.76. The van der Waals surface area contributed by atoms with Gasteiger partial charge >= 0.3 is 0 Å². The first-order valence-electron chi connectivity index (χ1n) is 6.53. The van der Waals surface area contributed by atoms with Crippen molar-refractivity contribution in [3.63, 3.8) is 0 Å². The van der Waals surface area contributed by atoms with Crippen LogP contribution in [-0.2, 0) is 11.2 Å². The molecule has 96 valence electrons. The molecule has 1 saturated heterocycles. The third-order valence-corrected chi connectivity index (χ3v) is 4.14. The van der Waals surface area contributed by atoms with Gasteiger partial charge in [0.2, 0.25) is 5.91 Å². The number of fused-ring (bicyclic) bond motifs is 1. The summed E-state index contributed by atoms with van der Waals surface area (Å²) in [6.45, 7) is 1.50. The van der Waals surface area contributed by atoms with Gasteiger partial charge in [0, 0.05) is 13.1 Å². The average molecular weight is 254 g/mol. The Morgan fingerprint density at radius 2 is 2.11 bits per heavy atom. The van der Waals surface area contributed by atoms with E-state index in [0.717, 1.165) is 19.5 Å². The largest absolute Gasteiger partial charge is 0.338 e. The van der Waals surface area contributed by atoms with Crippen molar-refractivity contribution in [3.8, 4) is 0 Å². The zero-order chi connectivity index (χ0) is 12.8. The van der Waals surface area contributed by atoms with E-state index in [9.17, 15) is 4.79 Å². The third-order valence-electron chi connectivity index (χ3n) is 4.14. The highest BCUT2D eigenvalue weighted by atomic mass is 16.2. The minimum absolute atomic E-state index is 0.0768. The lowest BCUT2D eigenvalue weighted by molar-refractivity contribution is -0.139. The lowest BCUT2D eigenvalue weighted by Gasteiger charge is -2.42. The highest BCUT2D eigenvalue weighted by Crippen LogP contribution is 2.37. The number of carbonyl (C=O) groups is 1. The molecular weight excluding hydrogens is 240 g/mol. The minimum Gasteiger partial charge on any atom is -0.338 e. The zero-order valence-corrected chi connectivity index (χ0v) is 10.4. The molecule has 0 N–H and O–H groups in total. The van der Waals surface area contributed by atoms with Crippen LogP contribution in [-0.4, -0.2) is 38.7 Å². The van der Waals surface area contributed by atoms with Gasteiger partial charge in [-0.3, -0.25) is 4.79 Å². The van der Waals surface area contributed by atoms with Crippen molar-refractivity contribution in [3.05, 3.63) is 48.0 Å². The molecular formula is C14H14N4O. The van der Waals surface area contributed by atoms with E-state index < -0.39 is 0 Å². The Morgan fingerprint density at radius 1 is 1.26 bits per heavy atom. The van der Waals surface area contributed by atoms with Crippen LogP contribution in [0.1, 0.15) is 23.1 Å². The van der Waals surface area contributed by atoms with Crippen LogP contribution in [0.15, 0.2) is 36.9 Å². The van der Waals surface area contributed by atoms with Crippen LogP contribution in [0.3, 0.4) is 0 Å². The molecule has 1 amide bonds. The highest BCUT2D eigenvalue weighted by Gasteiger charge is 2.40. The van der Waals surface area contributed by atoms with E-state index in [4.69, 9.17) is 0 Å². The molecule has 0 radical (unpaired) electrons. The monoisotopic (exact) mass is 254 g/mol. The number of hydrogen-bond acceptors (Lipinski definition) is 3. The molecule has 1 unspecified atom stereocenters. The second kappa shape index (κ2) is 3.91. The summed E-state index contributed by atoms with van der Waals surface area (Å²) in [6.07, 6.45) is 4.14. The van der Waals surface area contributed by atoms with E-state index in [1.54, 1.807) is 6.33 Å². The minimum atomic E-state index is 0.0768. The fraction of sp³-hybridized carbons (Fsp3) is 0.357. The summed E-state index contributed by atoms with van der Waals surface area (Å²) in [5, 5.41) is 4.11. The van der Waals surface area contributed by atoms with Crippen molar-refractivity contribution in [1.29, 1.82) is 0 Å². The number of benzene rings is 1. The fourth-order valence-corrected chi connectivity index (χ4v) is 2.91. The van der Waals surface area contributed by atoms with E-state index in [2.05, 4.69) is 22.2 Å². The van der Waals surface area contributed by atoms with Gasteiger partial charge in [-0.2, -0.15) is 5.10 Å². The fourth-order valence-electron chi connectivity index (χ4n) is 2.91. The summed E-state index contributed by atoms with van der Waals surface area (Å²) < 4.78 is 1.83. The number of carbonyl (C=O) groups excluding carboxylic acids is 1. The molecule has 1 aromatic heterocycles. The van der Waals surface area contributed by atoms with Gasteiger partial charge < -0.3 is 4.90 Å². The average Bonchev–Trinajstić information content (AvgIpc) is 2.82. The zero-order valence-electron chi connectivity index (χ0n) is 10.4. The molecule has 0 spiro atoms. The Hall–Kier alpha value is -2.17. The van der Waals surface area contributed by atoms with Crippen molar-refractivity contribution in [2.24, 2.45) is 0 Å². The number of likely N-dealkylation sites (tertiary alicyclic amines) is 1. The van der Waals surface area contributed by atoms with Crippen molar-refractivity contribution < 1.29 is 4.79 Å². The van der Waals surface area contributed by atoms with Crippen LogP contribution in [0.2, 0.25) is 0 Å². The lowest BCUT2D eigenvalue weighted by Crippen LogP contribution is -2.53. The summed E-state index contributed by atoms with van der Waals surface area (Å²) in [5.74, 6) is 0.336. The van der Waals surface area contributed by atoms with Crippen molar-refractivity contribution in [1.82, 2.24) is 19.7 Å². The smallest absolute Gasteiger partial charge is 0.230 e. The number of amides is 1. The summed E-state index contributed by atoms with van der Waals surface area (Å²) in [4.78, 5) is 18.2. The van der Waals surface area contributed by atoms with E-state index in [1.807, 2.05) is 21.7 Å².